The van der Waals surface area contributed by atoms with Crippen LogP contribution in [0.1, 0.15) is 12.8 Å². The third kappa shape index (κ3) is 3.50. The first kappa shape index (κ1) is 13.0. The molecule has 0 saturated carbocycles. The quantitative estimate of drug-likeness (QED) is 0.912. The Labute approximate surface area is 111 Å². The van der Waals surface area contributed by atoms with Gasteiger partial charge in [-0.3, -0.25) is 0 Å². The third-order valence-corrected chi connectivity index (χ3v) is 5.14. The van der Waals surface area contributed by atoms with E-state index in [-0.39, 0.29) is 17.5 Å². The van der Waals surface area contributed by atoms with Crippen molar-refractivity contribution in [2.24, 2.45) is 0 Å². The molecule has 1 aliphatic rings. The monoisotopic (exact) mass is 293 g/mol. The number of hydrogen-bond acceptors (Lipinski definition) is 3. The Kier molecular flexibility index (Phi) is 3.85. The molecule has 1 fully saturated rings. The van der Waals surface area contributed by atoms with Crippen LogP contribution in [0.2, 0.25) is 10.0 Å². The minimum atomic E-state index is -2.91. The number of sulfone groups is 1. The predicted molar refractivity (Wildman–Crippen MR) is 71.8 cm³/mol. The summed E-state index contributed by atoms with van der Waals surface area (Å²) < 4.78 is 23.0. The number of rotatable bonds is 2. The molecule has 2 rings (SSSR count). The maximum Gasteiger partial charge on any atom is 0.152 e. The Bertz CT molecular complexity index is 516. The Morgan fingerprint density at radius 3 is 2.76 bits per heavy atom. The van der Waals surface area contributed by atoms with Crippen LogP contribution in [0.5, 0.6) is 0 Å². The van der Waals surface area contributed by atoms with Gasteiger partial charge in [0.05, 0.1) is 22.2 Å². The van der Waals surface area contributed by atoms with Crippen molar-refractivity contribution in [2.45, 2.75) is 18.9 Å². The summed E-state index contributed by atoms with van der Waals surface area (Å²) in [6.45, 7) is 0. The van der Waals surface area contributed by atoms with Gasteiger partial charge in [-0.2, -0.15) is 0 Å². The van der Waals surface area contributed by atoms with E-state index in [2.05, 4.69) is 5.32 Å². The number of benzene rings is 1. The van der Waals surface area contributed by atoms with Crippen LogP contribution in [0, 0.1) is 0 Å². The fraction of sp³-hybridized carbons (Fsp3) is 0.455. The molecule has 3 nitrogen and oxygen atoms in total. The van der Waals surface area contributed by atoms with Crippen molar-refractivity contribution in [3.8, 4) is 0 Å². The van der Waals surface area contributed by atoms with Crippen molar-refractivity contribution in [1.82, 2.24) is 0 Å². The topological polar surface area (TPSA) is 46.2 Å². The van der Waals surface area contributed by atoms with E-state index in [1.165, 1.54) is 0 Å². The van der Waals surface area contributed by atoms with E-state index in [9.17, 15) is 8.42 Å². The highest BCUT2D eigenvalue weighted by Gasteiger charge is 2.24. The van der Waals surface area contributed by atoms with Crippen molar-refractivity contribution in [2.75, 3.05) is 16.8 Å². The smallest absolute Gasteiger partial charge is 0.152 e. The van der Waals surface area contributed by atoms with Crippen LogP contribution in [-0.2, 0) is 9.84 Å². The molecule has 1 atom stereocenters. The minimum Gasteiger partial charge on any atom is -0.380 e. The zero-order valence-corrected chi connectivity index (χ0v) is 11.4. The van der Waals surface area contributed by atoms with Crippen LogP contribution in [0.4, 0.5) is 5.69 Å². The number of hydrogen-bond donors (Lipinski definition) is 1. The molecule has 0 spiro atoms. The van der Waals surface area contributed by atoms with E-state index in [4.69, 9.17) is 23.2 Å². The first-order chi connectivity index (χ1) is 7.96. The van der Waals surface area contributed by atoms with E-state index >= 15 is 0 Å². The van der Waals surface area contributed by atoms with Gasteiger partial charge in [-0.1, -0.05) is 23.2 Å². The normalized spacial score (nSPS) is 23.3. The molecule has 0 bridgehead atoms. The second-order valence-corrected chi connectivity index (χ2v) is 7.29. The predicted octanol–water partition coefficient (Wildman–Crippen LogP) is 2.98. The average Bonchev–Trinajstić information content (AvgIpc) is 2.22. The maximum atomic E-state index is 11.5. The first-order valence-corrected chi connectivity index (χ1v) is 7.96. The lowest BCUT2D eigenvalue weighted by atomic mass is 10.1. The highest BCUT2D eigenvalue weighted by molar-refractivity contribution is 7.91. The highest BCUT2D eigenvalue weighted by atomic mass is 35.5. The molecular formula is C11H13Cl2NO2S. The molecule has 0 amide bonds. The van der Waals surface area contributed by atoms with Crippen LogP contribution in [0.15, 0.2) is 18.2 Å². The average molecular weight is 294 g/mol. The van der Waals surface area contributed by atoms with Crippen molar-refractivity contribution >= 4 is 38.7 Å². The van der Waals surface area contributed by atoms with Gasteiger partial charge >= 0.3 is 0 Å². The molecule has 1 aliphatic heterocycles. The number of nitrogens with one attached hydrogen (secondary N) is 1. The summed E-state index contributed by atoms with van der Waals surface area (Å²) in [5.74, 6) is 0.449. The van der Waals surface area contributed by atoms with Crippen molar-refractivity contribution < 1.29 is 8.42 Å². The van der Waals surface area contributed by atoms with Crippen LogP contribution in [-0.4, -0.2) is 26.0 Å². The van der Waals surface area contributed by atoms with E-state index in [0.29, 0.717) is 22.2 Å². The maximum absolute atomic E-state index is 11.5. The van der Waals surface area contributed by atoms with Gasteiger partial charge in [-0.05, 0) is 31.0 Å². The summed E-state index contributed by atoms with van der Waals surface area (Å²) >= 11 is 11.9. The van der Waals surface area contributed by atoms with Crippen LogP contribution >= 0.6 is 23.2 Å². The Hall–Kier alpha value is -0.450. The fourth-order valence-electron chi connectivity index (χ4n) is 1.96. The van der Waals surface area contributed by atoms with Crippen molar-refractivity contribution in [3.05, 3.63) is 28.2 Å². The standard InChI is InChI=1S/C11H13Cl2NO2S/c12-8-3-4-10(13)11(6-8)14-9-2-1-5-17(15,16)7-9/h3-4,6,9,14H,1-2,5,7H2. The highest BCUT2D eigenvalue weighted by Crippen LogP contribution is 2.27. The molecule has 17 heavy (non-hydrogen) atoms. The number of halogens is 2. The van der Waals surface area contributed by atoms with E-state index in [1.807, 2.05) is 0 Å². The molecule has 6 heteroatoms. The molecule has 1 unspecified atom stereocenters. The minimum absolute atomic E-state index is 0.0790. The van der Waals surface area contributed by atoms with Crippen LogP contribution in [0.3, 0.4) is 0 Å². The van der Waals surface area contributed by atoms with Crippen molar-refractivity contribution in [3.63, 3.8) is 0 Å². The summed E-state index contributed by atoms with van der Waals surface area (Å²) in [6, 6.07) is 5.03. The molecule has 0 aromatic heterocycles. The summed E-state index contributed by atoms with van der Waals surface area (Å²) in [5, 5.41) is 4.28. The summed E-state index contributed by atoms with van der Waals surface area (Å²) in [4.78, 5) is 0. The van der Waals surface area contributed by atoms with Gasteiger partial charge in [0.15, 0.2) is 9.84 Å². The zero-order valence-electron chi connectivity index (χ0n) is 9.12. The van der Waals surface area contributed by atoms with Crippen LogP contribution < -0.4 is 5.32 Å². The van der Waals surface area contributed by atoms with Gasteiger partial charge < -0.3 is 5.32 Å². The third-order valence-electron chi connectivity index (χ3n) is 2.75. The second-order valence-electron chi connectivity index (χ2n) is 4.22. The van der Waals surface area contributed by atoms with E-state index in [0.717, 1.165) is 6.42 Å². The molecule has 94 valence electrons. The molecule has 1 saturated heterocycles. The summed E-state index contributed by atoms with van der Waals surface area (Å²) in [7, 11) is -2.91. The Balaban J connectivity index is 2.13. The molecule has 1 heterocycles. The van der Waals surface area contributed by atoms with Crippen molar-refractivity contribution in [1.29, 1.82) is 0 Å². The largest absolute Gasteiger partial charge is 0.380 e. The molecule has 0 aliphatic carbocycles. The van der Waals surface area contributed by atoms with Crippen LogP contribution in [0.25, 0.3) is 0 Å². The molecule has 1 aromatic rings. The van der Waals surface area contributed by atoms with Gasteiger partial charge in [0.2, 0.25) is 0 Å². The lowest BCUT2D eigenvalue weighted by Gasteiger charge is -2.24. The summed E-state index contributed by atoms with van der Waals surface area (Å²) in [5.41, 5.74) is 0.696. The fourth-order valence-corrected chi connectivity index (χ4v) is 3.95. The lowest BCUT2D eigenvalue weighted by Crippen LogP contribution is -2.34. The first-order valence-electron chi connectivity index (χ1n) is 5.38. The van der Waals surface area contributed by atoms with E-state index < -0.39 is 9.84 Å². The Morgan fingerprint density at radius 1 is 1.29 bits per heavy atom. The molecular weight excluding hydrogens is 281 g/mol. The Morgan fingerprint density at radius 2 is 2.06 bits per heavy atom. The lowest BCUT2D eigenvalue weighted by molar-refractivity contribution is 0.562. The molecule has 1 N–H and O–H groups in total. The second kappa shape index (κ2) is 5.04. The SMILES string of the molecule is O=S1(=O)CCCC(Nc2cc(Cl)ccc2Cl)C1. The van der Waals surface area contributed by atoms with E-state index in [1.54, 1.807) is 18.2 Å². The van der Waals surface area contributed by atoms with Gasteiger partial charge in [0.1, 0.15) is 0 Å². The zero-order chi connectivity index (χ0) is 12.5. The van der Waals surface area contributed by atoms with Gasteiger partial charge in [-0.25, -0.2) is 8.42 Å². The van der Waals surface area contributed by atoms with Gasteiger partial charge in [0.25, 0.3) is 0 Å². The molecule has 1 aromatic carbocycles. The number of anilines is 1. The molecule has 0 radical (unpaired) electrons. The summed E-state index contributed by atoms with van der Waals surface area (Å²) in [6.07, 6.45) is 1.53. The van der Waals surface area contributed by atoms with Gasteiger partial charge in [0, 0.05) is 11.1 Å². The van der Waals surface area contributed by atoms with Gasteiger partial charge in [-0.15, -0.1) is 0 Å².